The molecule has 1 aliphatic rings. The molecule has 1 saturated heterocycles. The summed E-state index contributed by atoms with van der Waals surface area (Å²) in [5.74, 6) is -0.0575. The van der Waals surface area contributed by atoms with Gasteiger partial charge in [0.2, 0.25) is 5.91 Å². The van der Waals surface area contributed by atoms with Crippen LogP contribution in [0.2, 0.25) is 0 Å². The molecule has 0 radical (unpaired) electrons. The highest BCUT2D eigenvalue weighted by molar-refractivity contribution is 5.99. The first kappa shape index (κ1) is 22.4. The molecule has 0 bridgehead atoms. The van der Waals surface area contributed by atoms with E-state index in [4.69, 9.17) is 4.74 Å². The van der Waals surface area contributed by atoms with Crippen molar-refractivity contribution in [2.24, 2.45) is 5.41 Å². The van der Waals surface area contributed by atoms with E-state index in [1.54, 1.807) is 30.2 Å². The smallest absolute Gasteiger partial charge is 0.253 e. The molecule has 146 valence electrons. The number of amides is 2. The monoisotopic (exact) mass is 383 g/mol. The molecule has 0 unspecified atom stereocenters. The first-order valence-corrected chi connectivity index (χ1v) is 8.96. The van der Waals surface area contributed by atoms with Crippen LogP contribution in [0.4, 0.5) is 5.69 Å². The van der Waals surface area contributed by atoms with Crippen LogP contribution in [0.5, 0.6) is 0 Å². The number of hydrogen-bond donors (Lipinski definition) is 2. The molecule has 1 aromatic carbocycles. The summed E-state index contributed by atoms with van der Waals surface area (Å²) in [6, 6.07) is 7.15. The van der Waals surface area contributed by atoms with Crippen molar-refractivity contribution in [1.29, 1.82) is 0 Å². The van der Waals surface area contributed by atoms with Crippen molar-refractivity contribution in [3.8, 4) is 0 Å². The van der Waals surface area contributed by atoms with Crippen molar-refractivity contribution < 1.29 is 14.3 Å². The summed E-state index contributed by atoms with van der Waals surface area (Å²) in [4.78, 5) is 27.2. The van der Waals surface area contributed by atoms with Gasteiger partial charge < -0.3 is 20.3 Å². The molecular formula is C19H30ClN3O3. The van der Waals surface area contributed by atoms with Gasteiger partial charge in [0.1, 0.15) is 0 Å². The Morgan fingerprint density at radius 1 is 1.23 bits per heavy atom. The highest BCUT2D eigenvalue weighted by atomic mass is 35.5. The quantitative estimate of drug-likeness (QED) is 0.759. The van der Waals surface area contributed by atoms with Gasteiger partial charge in [0.05, 0.1) is 12.0 Å². The van der Waals surface area contributed by atoms with Crippen LogP contribution >= 0.6 is 12.4 Å². The van der Waals surface area contributed by atoms with Gasteiger partial charge in [-0.15, -0.1) is 12.4 Å². The third kappa shape index (κ3) is 5.19. The molecular weight excluding hydrogens is 354 g/mol. The van der Waals surface area contributed by atoms with Crippen molar-refractivity contribution in [1.82, 2.24) is 10.2 Å². The van der Waals surface area contributed by atoms with Gasteiger partial charge >= 0.3 is 0 Å². The fourth-order valence-electron chi connectivity index (χ4n) is 3.31. The third-order valence-corrected chi connectivity index (χ3v) is 4.88. The van der Waals surface area contributed by atoms with Crippen molar-refractivity contribution in [3.05, 3.63) is 29.8 Å². The lowest BCUT2D eigenvalue weighted by atomic mass is 9.78. The molecule has 0 aromatic heterocycles. The lowest BCUT2D eigenvalue weighted by molar-refractivity contribution is -0.130. The van der Waals surface area contributed by atoms with Gasteiger partial charge in [-0.3, -0.25) is 9.59 Å². The number of hydrogen-bond acceptors (Lipinski definition) is 4. The van der Waals surface area contributed by atoms with Crippen LogP contribution < -0.4 is 10.6 Å². The summed E-state index contributed by atoms with van der Waals surface area (Å²) < 4.78 is 5.32. The van der Waals surface area contributed by atoms with Crippen molar-refractivity contribution in [2.45, 2.75) is 26.7 Å². The van der Waals surface area contributed by atoms with Gasteiger partial charge in [-0.05, 0) is 58.0 Å². The Morgan fingerprint density at radius 2 is 1.88 bits per heavy atom. The maximum absolute atomic E-state index is 12.9. The average molecular weight is 384 g/mol. The zero-order chi connectivity index (χ0) is 18.3. The number of halogens is 1. The molecule has 2 amide bonds. The summed E-state index contributed by atoms with van der Waals surface area (Å²) in [6.45, 7) is 7.25. The Hall–Kier alpha value is -1.63. The van der Waals surface area contributed by atoms with Crippen molar-refractivity contribution in [3.63, 3.8) is 0 Å². The molecule has 0 atom stereocenters. The first-order chi connectivity index (χ1) is 12.1. The first-order valence-electron chi connectivity index (χ1n) is 8.96. The summed E-state index contributed by atoms with van der Waals surface area (Å²) in [7, 11) is 1.63. The van der Waals surface area contributed by atoms with Crippen molar-refractivity contribution in [2.75, 3.05) is 45.2 Å². The van der Waals surface area contributed by atoms with E-state index in [1.165, 1.54) is 0 Å². The van der Waals surface area contributed by atoms with Gasteiger partial charge in [0.25, 0.3) is 5.91 Å². The molecule has 0 aliphatic carbocycles. The molecule has 1 fully saturated rings. The predicted molar refractivity (Wildman–Crippen MR) is 106 cm³/mol. The second kappa shape index (κ2) is 10.5. The number of nitrogens with zero attached hydrogens (tertiary/aromatic N) is 1. The van der Waals surface area contributed by atoms with E-state index in [0.717, 1.165) is 25.9 Å². The maximum atomic E-state index is 12.9. The van der Waals surface area contributed by atoms with E-state index >= 15 is 0 Å². The van der Waals surface area contributed by atoms with E-state index in [2.05, 4.69) is 10.6 Å². The topological polar surface area (TPSA) is 70.7 Å². The summed E-state index contributed by atoms with van der Waals surface area (Å²) in [5, 5.41) is 6.27. The normalized spacial score (nSPS) is 15.7. The number of carbonyl (C=O) groups is 2. The maximum Gasteiger partial charge on any atom is 0.253 e. The van der Waals surface area contributed by atoms with Crippen LogP contribution in [-0.2, 0) is 9.53 Å². The second-order valence-corrected chi connectivity index (χ2v) is 6.48. The fourth-order valence-corrected chi connectivity index (χ4v) is 3.31. The number of nitrogens with one attached hydrogen (secondary N) is 2. The van der Waals surface area contributed by atoms with Gasteiger partial charge in [0, 0.05) is 31.5 Å². The van der Waals surface area contributed by atoms with Crippen LogP contribution in [0.15, 0.2) is 24.3 Å². The number of methoxy groups -OCH3 is 1. The highest BCUT2D eigenvalue weighted by Gasteiger charge is 2.39. The van der Waals surface area contributed by atoms with Gasteiger partial charge in [0.15, 0.2) is 0 Å². The van der Waals surface area contributed by atoms with E-state index in [1.807, 2.05) is 19.9 Å². The summed E-state index contributed by atoms with van der Waals surface area (Å²) in [5.41, 5.74) is 0.725. The Labute approximate surface area is 162 Å². The van der Waals surface area contributed by atoms with Crippen LogP contribution in [0, 0.1) is 5.41 Å². The molecule has 26 heavy (non-hydrogen) atoms. The molecule has 7 heteroatoms. The SMILES string of the molecule is CCN(CC)C(=O)c1cccc(NC(=O)C2(COC)CCNCC2)c1.Cl. The van der Waals surface area contributed by atoms with E-state index < -0.39 is 5.41 Å². The van der Waals surface area contributed by atoms with E-state index in [0.29, 0.717) is 30.9 Å². The number of anilines is 1. The Kier molecular flexibility index (Phi) is 9.05. The molecule has 1 heterocycles. The molecule has 1 aromatic rings. The number of carbonyl (C=O) groups excluding carboxylic acids is 2. The number of piperidine rings is 1. The van der Waals surface area contributed by atoms with Crippen LogP contribution in [0.1, 0.15) is 37.0 Å². The Balaban J connectivity index is 0.00000338. The molecule has 6 nitrogen and oxygen atoms in total. The standard InChI is InChI=1S/C19H29N3O3.ClH/c1-4-22(5-2)17(23)15-7-6-8-16(13-15)21-18(24)19(14-25-3)9-11-20-12-10-19;/h6-8,13,20H,4-5,9-12,14H2,1-3H3,(H,21,24);1H. The minimum Gasteiger partial charge on any atom is -0.384 e. The number of ether oxygens (including phenoxy) is 1. The molecule has 2 rings (SSSR count). The molecule has 1 aliphatic heterocycles. The van der Waals surface area contributed by atoms with Gasteiger partial charge in [-0.2, -0.15) is 0 Å². The zero-order valence-corrected chi connectivity index (χ0v) is 16.7. The lowest BCUT2D eigenvalue weighted by Crippen LogP contribution is -2.47. The summed E-state index contributed by atoms with van der Waals surface area (Å²) in [6.07, 6.45) is 1.48. The number of rotatable bonds is 7. The van der Waals surface area contributed by atoms with E-state index in [-0.39, 0.29) is 24.2 Å². The minimum absolute atomic E-state index is 0. The molecule has 0 saturated carbocycles. The lowest BCUT2D eigenvalue weighted by Gasteiger charge is -2.35. The summed E-state index contributed by atoms with van der Waals surface area (Å²) >= 11 is 0. The minimum atomic E-state index is -0.515. The largest absolute Gasteiger partial charge is 0.384 e. The average Bonchev–Trinajstić information content (AvgIpc) is 2.64. The van der Waals surface area contributed by atoms with Crippen LogP contribution in [0.25, 0.3) is 0 Å². The zero-order valence-electron chi connectivity index (χ0n) is 15.8. The molecule has 0 spiro atoms. The van der Waals surface area contributed by atoms with Crippen LogP contribution in [-0.4, -0.2) is 56.6 Å². The van der Waals surface area contributed by atoms with Crippen molar-refractivity contribution >= 4 is 29.9 Å². The van der Waals surface area contributed by atoms with Crippen LogP contribution in [0.3, 0.4) is 0 Å². The second-order valence-electron chi connectivity index (χ2n) is 6.48. The van der Waals surface area contributed by atoms with Gasteiger partial charge in [-0.1, -0.05) is 6.07 Å². The van der Waals surface area contributed by atoms with E-state index in [9.17, 15) is 9.59 Å². The Bertz CT molecular complexity index is 594. The van der Waals surface area contributed by atoms with Gasteiger partial charge in [-0.25, -0.2) is 0 Å². The molecule has 2 N–H and O–H groups in total. The third-order valence-electron chi connectivity index (χ3n) is 4.88. The predicted octanol–water partition coefficient (Wildman–Crippen LogP) is 2.55. The number of benzene rings is 1. The highest BCUT2D eigenvalue weighted by Crippen LogP contribution is 2.31. The fraction of sp³-hybridized carbons (Fsp3) is 0.579. The Morgan fingerprint density at radius 3 is 2.46 bits per heavy atom.